The van der Waals surface area contributed by atoms with Crippen molar-refractivity contribution in [1.82, 2.24) is 15.5 Å². The van der Waals surface area contributed by atoms with Crippen LogP contribution in [0.5, 0.6) is 11.5 Å². The molecule has 3 rings (SSSR count). The zero-order valence-electron chi connectivity index (χ0n) is 14.6. The number of thioether (sulfide) groups is 1. The summed E-state index contributed by atoms with van der Waals surface area (Å²) in [6, 6.07) is 4.73. The van der Waals surface area contributed by atoms with Gasteiger partial charge in [-0.2, -0.15) is 16.7 Å². The summed E-state index contributed by atoms with van der Waals surface area (Å²) in [5.74, 6) is 1.78. The fourth-order valence-electron chi connectivity index (χ4n) is 2.19. The van der Waals surface area contributed by atoms with E-state index in [-0.39, 0.29) is 36.4 Å². The molecule has 8 nitrogen and oxygen atoms in total. The van der Waals surface area contributed by atoms with Crippen LogP contribution >= 0.6 is 24.2 Å². The molecule has 1 aromatic heterocycles. The number of rotatable bonds is 6. The van der Waals surface area contributed by atoms with Gasteiger partial charge in [-0.1, -0.05) is 5.16 Å². The second-order valence-corrected chi connectivity index (χ2v) is 7.55. The van der Waals surface area contributed by atoms with Gasteiger partial charge in [0.2, 0.25) is 12.7 Å². The molecule has 2 aromatic rings. The monoisotopic (exact) mass is 400 g/mol. The number of nitrogens with one attached hydrogen (secondary N) is 1. The Morgan fingerprint density at radius 3 is 2.85 bits per heavy atom. The predicted molar refractivity (Wildman–Crippen MR) is 101 cm³/mol. The van der Waals surface area contributed by atoms with Gasteiger partial charge in [-0.05, 0) is 38.3 Å². The third-order valence-electron chi connectivity index (χ3n) is 4.07. The third kappa shape index (κ3) is 4.22. The summed E-state index contributed by atoms with van der Waals surface area (Å²) in [6.07, 6.45) is 1.92. The first kappa shape index (κ1) is 20.3. The van der Waals surface area contributed by atoms with Gasteiger partial charge < -0.3 is 25.0 Å². The summed E-state index contributed by atoms with van der Waals surface area (Å²) in [7, 11) is 0. The van der Waals surface area contributed by atoms with Crippen molar-refractivity contribution in [3.05, 3.63) is 24.0 Å². The number of ether oxygens (including phenoxy) is 2. The van der Waals surface area contributed by atoms with E-state index in [9.17, 15) is 4.79 Å². The first-order valence-corrected chi connectivity index (χ1v) is 8.94. The fourth-order valence-corrected chi connectivity index (χ4v) is 2.55. The number of halogens is 1. The Balaban J connectivity index is 0.00000243. The normalized spacial score (nSPS) is 13.8. The maximum absolute atomic E-state index is 12.2. The van der Waals surface area contributed by atoms with Gasteiger partial charge in [-0.15, -0.1) is 12.4 Å². The minimum absolute atomic E-state index is 0. The van der Waals surface area contributed by atoms with Gasteiger partial charge in [0.1, 0.15) is 0 Å². The van der Waals surface area contributed by atoms with Crippen LogP contribution in [0.3, 0.4) is 0 Å². The zero-order chi connectivity index (χ0) is 18.0. The first-order valence-electron chi connectivity index (χ1n) is 7.72. The number of nitrogens with zero attached hydrogens (tertiary/aromatic N) is 2. The summed E-state index contributed by atoms with van der Waals surface area (Å²) in [4.78, 5) is 16.4. The molecule has 1 amide bonds. The average Bonchev–Trinajstić information content (AvgIpc) is 3.27. The Kier molecular flexibility index (Phi) is 6.38. The molecule has 2 heterocycles. The van der Waals surface area contributed by atoms with E-state index in [4.69, 9.17) is 19.7 Å². The van der Waals surface area contributed by atoms with E-state index in [2.05, 4.69) is 15.5 Å². The van der Waals surface area contributed by atoms with Gasteiger partial charge in [-0.25, -0.2) is 0 Å². The van der Waals surface area contributed by atoms with Crippen LogP contribution in [-0.2, 0) is 11.3 Å². The molecule has 0 radical (unpaired) electrons. The van der Waals surface area contributed by atoms with Crippen LogP contribution < -0.4 is 20.5 Å². The van der Waals surface area contributed by atoms with Crippen molar-refractivity contribution in [2.75, 3.05) is 13.0 Å². The summed E-state index contributed by atoms with van der Waals surface area (Å²) in [5.41, 5.74) is 6.71. The van der Waals surface area contributed by atoms with Crippen LogP contribution in [0.15, 0.2) is 22.7 Å². The molecule has 3 N–H and O–H groups in total. The van der Waals surface area contributed by atoms with E-state index in [1.165, 1.54) is 11.8 Å². The highest BCUT2D eigenvalue weighted by Gasteiger charge is 2.31. The molecule has 1 atom stereocenters. The number of aromatic nitrogens is 2. The molecule has 0 unspecified atom stereocenters. The number of amides is 1. The summed E-state index contributed by atoms with van der Waals surface area (Å²) >= 11 is 1.54. The van der Waals surface area contributed by atoms with Gasteiger partial charge >= 0.3 is 0 Å². The lowest BCUT2D eigenvalue weighted by Crippen LogP contribution is -2.51. The van der Waals surface area contributed by atoms with E-state index >= 15 is 0 Å². The quantitative estimate of drug-likeness (QED) is 0.756. The molecule has 1 aliphatic heterocycles. The Morgan fingerprint density at radius 1 is 1.38 bits per heavy atom. The van der Waals surface area contributed by atoms with Crippen LogP contribution in [0.25, 0.3) is 11.5 Å². The van der Waals surface area contributed by atoms with Crippen molar-refractivity contribution in [1.29, 1.82) is 0 Å². The number of hydrogen-bond acceptors (Lipinski definition) is 8. The molecule has 142 valence electrons. The number of fused-ring (bicyclic) bond motifs is 1. The molecule has 10 heteroatoms. The van der Waals surface area contributed by atoms with Gasteiger partial charge in [0.25, 0.3) is 5.89 Å². The Morgan fingerprint density at radius 2 is 2.12 bits per heavy atom. The molecule has 1 aromatic carbocycles. The van der Waals surface area contributed by atoms with Gasteiger partial charge in [0.15, 0.2) is 17.3 Å². The van der Waals surface area contributed by atoms with Crippen LogP contribution in [0.2, 0.25) is 0 Å². The van der Waals surface area contributed by atoms with E-state index in [1.54, 1.807) is 18.2 Å². The molecular formula is C16H21ClN4O4S. The molecular weight excluding hydrogens is 380 g/mol. The maximum atomic E-state index is 12.2. The number of carbonyl (C=O) groups excluding carboxylic acids is 1. The largest absolute Gasteiger partial charge is 0.454 e. The topological polar surface area (TPSA) is 113 Å². The van der Waals surface area contributed by atoms with E-state index in [1.807, 2.05) is 20.1 Å². The zero-order valence-corrected chi connectivity index (χ0v) is 16.3. The number of nitrogens with two attached hydrogens (primary N) is 1. The van der Waals surface area contributed by atoms with Crippen LogP contribution in [-0.4, -0.2) is 39.9 Å². The molecule has 0 fully saturated rings. The van der Waals surface area contributed by atoms with Crippen molar-refractivity contribution in [3.8, 4) is 23.0 Å². The third-order valence-corrected chi connectivity index (χ3v) is 5.37. The molecule has 26 heavy (non-hydrogen) atoms. The lowest BCUT2D eigenvalue weighted by molar-refractivity contribution is -0.123. The van der Waals surface area contributed by atoms with Gasteiger partial charge in [0.05, 0.1) is 12.6 Å². The van der Waals surface area contributed by atoms with Crippen molar-refractivity contribution in [2.24, 2.45) is 5.73 Å². The SMILES string of the molecule is CSC(C)(C)[C@H](N)C(=O)NCc1noc(-c2ccc3c(c2)OCO3)n1.Cl. The molecule has 0 saturated heterocycles. The highest BCUT2D eigenvalue weighted by Crippen LogP contribution is 2.35. The molecule has 0 saturated carbocycles. The van der Waals surface area contributed by atoms with Crippen molar-refractivity contribution in [2.45, 2.75) is 31.2 Å². The fraction of sp³-hybridized carbons (Fsp3) is 0.438. The highest BCUT2D eigenvalue weighted by atomic mass is 35.5. The molecule has 0 spiro atoms. The standard InChI is InChI=1S/C16H20N4O4S.ClH/c1-16(2,25-3)13(17)14(21)18-7-12-19-15(24-20-12)9-4-5-10-11(6-9)23-8-22-10;/h4-6,13H,7-8,17H2,1-3H3,(H,18,21);1H/t13-;/m1./s1. The number of hydrogen-bond donors (Lipinski definition) is 2. The Bertz CT molecular complexity index is 783. The Labute approximate surface area is 161 Å². The second kappa shape index (κ2) is 8.15. The van der Waals surface area contributed by atoms with E-state index in [0.29, 0.717) is 23.2 Å². The van der Waals surface area contributed by atoms with Crippen molar-refractivity contribution < 1.29 is 18.8 Å². The lowest BCUT2D eigenvalue weighted by Gasteiger charge is -2.28. The first-order chi connectivity index (χ1) is 11.9. The number of carbonyl (C=O) groups is 1. The molecule has 0 bridgehead atoms. The van der Waals surface area contributed by atoms with Crippen LogP contribution in [0, 0.1) is 0 Å². The minimum Gasteiger partial charge on any atom is -0.454 e. The predicted octanol–water partition coefficient (Wildman–Crippen LogP) is 1.97. The molecule has 0 aliphatic carbocycles. The smallest absolute Gasteiger partial charge is 0.258 e. The molecule has 1 aliphatic rings. The highest BCUT2D eigenvalue weighted by molar-refractivity contribution is 8.00. The summed E-state index contributed by atoms with van der Waals surface area (Å²) in [5, 5.41) is 6.62. The Hall–Kier alpha value is -1.97. The van der Waals surface area contributed by atoms with E-state index in [0.717, 1.165) is 5.56 Å². The lowest BCUT2D eigenvalue weighted by atomic mass is 10.0. The van der Waals surface area contributed by atoms with Gasteiger partial charge in [0, 0.05) is 10.3 Å². The minimum atomic E-state index is -0.636. The van der Waals surface area contributed by atoms with Gasteiger partial charge in [-0.3, -0.25) is 4.79 Å². The van der Waals surface area contributed by atoms with Crippen molar-refractivity contribution >= 4 is 30.1 Å². The summed E-state index contributed by atoms with van der Waals surface area (Å²) in [6.45, 7) is 4.19. The van der Waals surface area contributed by atoms with Crippen LogP contribution in [0.4, 0.5) is 0 Å². The van der Waals surface area contributed by atoms with E-state index < -0.39 is 6.04 Å². The average molecular weight is 401 g/mol. The van der Waals surface area contributed by atoms with Crippen molar-refractivity contribution in [3.63, 3.8) is 0 Å². The second-order valence-electron chi connectivity index (χ2n) is 6.09. The maximum Gasteiger partial charge on any atom is 0.258 e. The summed E-state index contributed by atoms with van der Waals surface area (Å²) < 4.78 is 15.5. The number of benzene rings is 1. The van der Waals surface area contributed by atoms with Crippen LogP contribution in [0.1, 0.15) is 19.7 Å².